The van der Waals surface area contributed by atoms with E-state index in [1.54, 1.807) is 6.08 Å². The number of anilines is 2. The average Bonchev–Trinajstić information content (AvgIpc) is 3.13. The molecule has 1 saturated carbocycles. The van der Waals surface area contributed by atoms with Gasteiger partial charge in [-0.05, 0) is 25.0 Å². The third kappa shape index (κ3) is 2.16. The van der Waals surface area contributed by atoms with Gasteiger partial charge in [-0.1, -0.05) is 6.08 Å². The molecular formula is C13H15FN2O2. The van der Waals surface area contributed by atoms with E-state index < -0.39 is 11.8 Å². The maximum Gasteiger partial charge on any atom is 0.340 e. The number of benzene rings is 1. The van der Waals surface area contributed by atoms with Gasteiger partial charge in [0.1, 0.15) is 11.4 Å². The molecule has 0 spiro atoms. The molecule has 0 aromatic heterocycles. The topological polar surface area (TPSA) is 66.6 Å². The Hall–Kier alpha value is -2.04. The number of nitrogen functional groups attached to an aromatic ring is 1. The van der Waals surface area contributed by atoms with Crippen molar-refractivity contribution in [3.8, 4) is 0 Å². The molecule has 3 N–H and O–H groups in total. The van der Waals surface area contributed by atoms with Crippen molar-refractivity contribution >= 4 is 17.3 Å². The van der Waals surface area contributed by atoms with Crippen LogP contribution in [0.15, 0.2) is 24.8 Å². The maximum atomic E-state index is 13.4. The highest BCUT2D eigenvalue weighted by molar-refractivity contribution is 6.00. The second-order valence-corrected chi connectivity index (χ2v) is 4.33. The van der Waals surface area contributed by atoms with Crippen LogP contribution in [0.2, 0.25) is 0 Å². The molecule has 1 aromatic rings. The number of nitrogens with zero attached hydrogens (tertiary/aromatic N) is 1. The fourth-order valence-electron chi connectivity index (χ4n) is 2.02. The lowest BCUT2D eigenvalue weighted by Gasteiger charge is -2.25. The Morgan fingerprint density at radius 3 is 2.78 bits per heavy atom. The highest BCUT2D eigenvalue weighted by Gasteiger charge is 2.32. The molecular weight excluding hydrogens is 235 g/mol. The number of hydrogen-bond acceptors (Lipinski definition) is 3. The smallest absolute Gasteiger partial charge is 0.340 e. The Bertz CT molecular complexity index is 498. The van der Waals surface area contributed by atoms with Gasteiger partial charge in [-0.2, -0.15) is 0 Å². The van der Waals surface area contributed by atoms with Crippen molar-refractivity contribution in [2.24, 2.45) is 0 Å². The summed E-state index contributed by atoms with van der Waals surface area (Å²) in [6, 6.07) is 2.97. The predicted molar refractivity (Wildman–Crippen MR) is 68.3 cm³/mol. The Morgan fingerprint density at radius 2 is 2.28 bits per heavy atom. The lowest BCUT2D eigenvalue weighted by Crippen LogP contribution is -2.28. The van der Waals surface area contributed by atoms with E-state index in [1.807, 2.05) is 4.90 Å². The molecule has 0 bridgehead atoms. The van der Waals surface area contributed by atoms with Crippen LogP contribution in [0.4, 0.5) is 15.8 Å². The van der Waals surface area contributed by atoms with Crippen molar-refractivity contribution in [1.29, 1.82) is 0 Å². The minimum atomic E-state index is -1.21. The van der Waals surface area contributed by atoms with Crippen molar-refractivity contribution in [3.05, 3.63) is 36.2 Å². The molecule has 1 aliphatic carbocycles. The largest absolute Gasteiger partial charge is 0.478 e. The third-order valence-electron chi connectivity index (χ3n) is 3.01. The lowest BCUT2D eigenvalue weighted by atomic mass is 10.1. The number of aromatic carboxylic acids is 1. The van der Waals surface area contributed by atoms with Crippen LogP contribution in [0.5, 0.6) is 0 Å². The van der Waals surface area contributed by atoms with Crippen molar-refractivity contribution in [2.75, 3.05) is 17.2 Å². The molecule has 0 radical (unpaired) electrons. The Morgan fingerprint density at radius 1 is 1.61 bits per heavy atom. The number of carboxylic acid groups (broad SMARTS) is 1. The zero-order chi connectivity index (χ0) is 13.3. The summed E-state index contributed by atoms with van der Waals surface area (Å²) >= 11 is 0. The van der Waals surface area contributed by atoms with Crippen LogP contribution in [-0.4, -0.2) is 23.7 Å². The van der Waals surface area contributed by atoms with Gasteiger partial charge in [-0.15, -0.1) is 6.58 Å². The SMILES string of the molecule is C=CCN(c1ccc(F)c(N)c1C(=O)O)C1CC1. The van der Waals surface area contributed by atoms with Gasteiger partial charge in [0.2, 0.25) is 0 Å². The van der Waals surface area contributed by atoms with Crippen LogP contribution in [-0.2, 0) is 0 Å². The number of carboxylic acids is 1. The van der Waals surface area contributed by atoms with E-state index in [1.165, 1.54) is 12.1 Å². The quantitative estimate of drug-likeness (QED) is 0.621. The monoisotopic (exact) mass is 250 g/mol. The van der Waals surface area contributed by atoms with Crippen LogP contribution in [0.1, 0.15) is 23.2 Å². The minimum absolute atomic E-state index is 0.163. The highest BCUT2D eigenvalue weighted by atomic mass is 19.1. The Balaban J connectivity index is 2.51. The standard InChI is InChI=1S/C13H15FN2O2/c1-2-7-16(8-3-4-8)10-6-5-9(14)12(15)11(10)13(17)18/h2,5-6,8H,1,3-4,7,15H2,(H,17,18). The molecule has 18 heavy (non-hydrogen) atoms. The van der Waals surface area contributed by atoms with Gasteiger partial charge in [0, 0.05) is 12.6 Å². The van der Waals surface area contributed by atoms with Gasteiger partial charge in [-0.3, -0.25) is 0 Å². The molecule has 1 aliphatic rings. The number of halogens is 1. The van der Waals surface area contributed by atoms with Crippen LogP contribution >= 0.6 is 0 Å². The molecule has 2 rings (SSSR count). The number of hydrogen-bond donors (Lipinski definition) is 2. The van der Waals surface area contributed by atoms with E-state index in [2.05, 4.69) is 6.58 Å². The van der Waals surface area contributed by atoms with E-state index in [0.717, 1.165) is 12.8 Å². The van der Waals surface area contributed by atoms with E-state index in [-0.39, 0.29) is 11.3 Å². The first-order chi connectivity index (χ1) is 8.56. The third-order valence-corrected chi connectivity index (χ3v) is 3.01. The second-order valence-electron chi connectivity index (χ2n) is 4.33. The molecule has 96 valence electrons. The van der Waals surface area contributed by atoms with Crippen molar-refractivity contribution in [1.82, 2.24) is 0 Å². The van der Waals surface area contributed by atoms with E-state index in [9.17, 15) is 14.3 Å². The number of nitrogens with two attached hydrogens (primary N) is 1. The average molecular weight is 250 g/mol. The van der Waals surface area contributed by atoms with E-state index >= 15 is 0 Å². The molecule has 0 saturated heterocycles. The molecule has 0 heterocycles. The fraction of sp³-hybridized carbons (Fsp3) is 0.308. The van der Waals surface area contributed by atoms with Crippen LogP contribution in [0.25, 0.3) is 0 Å². The van der Waals surface area contributed by atoms with Gasteiger partial charge in [0.15, 0.2) is 0 Å². The first-order valence-corrected chi connectivity index (χ1v) is 5.75. The molecule has 4 nitrogen and oxygen atoms in total. The van der Waals surface area contributed by atoms with Gasteiger partial charge in [0.05, 0.1) is 11.4 Å². The van der Waals surface area contributed by atoms with E-state index in [0.29, 0.717) is 18.3 Å². The lowest BCUT2D eigenvalue weighted by molar-refractivity contribution is 0.0698. The summed E-state index contributed by atoms with van der Waals surface area (Å²) in [5, 5.41) is 9.19. The summed E-state index contributed by atoms with van der Waals surface area (Å²) in [6.45, 7) is 4.18. The molecule has 1 fully saturated rings. The summed E-state index contributed by atoms with van der Waals surface area (Å²) < 4.78 is 13.4. The normalized spacial score (nSPS) is 14.3. The maximum absolute atomic E-state index is 13.4. The molecule has 0 amide bonds. The predicted octanol–water partition coefficient (Wildman–Crippen LogP) is 2.26. The molecule has 0 aliphatic heterocycles. The Kier molecular flexibility index (Phi) is 3.23. The summed E-state index contributed by atoms with van der Waals surface area (Å²) in [5.41, 5.74) is 5.52. The summed E-state index contributed by atoms with van der Waals surface area (Å²) in [4.78, 5) is 13.2. The zero-order valence-corrected chi connectivity index (χ0v) is 9.90. The zero-order valence-electron chi connectivity index (χ0n) is 9.90. The summed E-state index contributed by atoms with van der Waals surface area (Å²) in [6.07, 6.45) is 3.71. The van der Waals surface area contributed by atoms with E-state index in [4.69, 9.17) is 5.73 Å². The number of carbonyl (C=O) groups is 1. The molecule has 1 aromatic carbocycles. The summed E-state index contributed by atoms with van der Waals surface area (Å²) in [7, 11) is 0. The van der Waals surface area contributed by atoms with Gasteiger partial charge >= 0.3 is 5.97 Å². The van der Waals surface area contributed by atoms with Crippen molar-refractivity contribution < 1.29 is 14.3 Å². The first-order valence-electron chi connectivity index (χ1n) is 5.75. The van der Waals surface area contributed by atoms with Gasteiger partial charge < -0.3 is 15.7 Å². The first kappa shape index (κ1) is 12.4. The van der Waals surface area contributed by atoms with Crippen LogP contribution in [0, 0.1) is 5.82 Å². The Labute approximate surface area is 105 Å². The van der Waals surface area contributed by atoms with Gasteiger partial charge in [-0.25, -0.2) is 9.18 Å². The minimum Gasteiger partial charge on any atom is -0.478 e. The fourth-order valence-corrected chi connectivity index (χ4v) is 2.02. The van der Waals surface area contributed by atoms with Crippen molar-refractivity contribution in [2.45, 2.75) is 18.9 Å². The van der Waals surface area contributed by atoms with Gasteiger partial charge in [0.25, 0.3) is 0 Å². The van der Waals surface area contributed by atoms with Crippen molar-refractivity contribution in [3.63, 3.8) is 0 Å². The second kappa shape index (κ2) is 4.68. The molecule has 0 atom stereocenters. The van der Waals surface area contributed by atoms with Crippen LogP contribution in [0.3, 0.4) is 0 Å². The van der Waals surface area contributed by atoms with Crippen LogP contribution < -0.4 is 10.6 Å². The molecule has 0 unspecified atom stereocenters. The molecule has 5 heteroatoms. The highest BCUT2D eigenvalue weighted by Crippen LogP contribution is 2.36. The number of rotatable bonds is 5. The summed E-state index contributed by atoms with van der Waals surface area (Å²) in [5.74, 6) is -1.91.